The Balaban J connectivity index is 0.00000256. The molecule has 0 aliphatic heterocycles. The number of guanidine groups is 1. The van der Waals surface area contributed by atoms with Crippen LogP contribution in [-0.4, -0.2) is 11.9 Å². The lowest BCUT2D eigenvalue weighted by Gasteiger charge is -2.09. The molecule has 0 fully saturated rings. The third-order valence-electron chi connectivity index (χ3n) is 1.69. The van der Waals surface area contributed by atoms with Gasteiger partial charge in [0.05, 0.1) is 11.1 Å². The SMILES string of the molecule is Cl.NC(N)=NC(=O)c1ccccc1C(F)(F)F. The van der Waals surface area contributed by atoms with Crippen molar-refractivity contribution in [3.8, 4) is 0 Å². The molecule has 0 heterocycles. The van der Waals surface area contributed by atoms with Crippen molar-refractivity contribution in [2.24, 2.45) is 16.5 Å². The number of amides is 1. The quantitative estimate of drug-likeness (QED) is 0.598. The summed E-state index contributed by atoms with van der Waals surface area (Å²) in [5.41, 5.74) is 8.19. The van der Waals surface area contributed by atoms with Crippen molar-refractivity contribution in [3.63, 3.8) is 0 Å². The number of hydrogen-bond acceptors (Lipinski definition) is 1. The minimum absolute atomic E-state index is 0. The van der Waals surface area contributed by atoms with Crippen LogP contribution in [0.2, 0.25) is 0 Å². The fourth-order valence-corrected chi connectivity index (χ4v) is 1.09. The number of benzene rings is 1. The summed E-state index contributed by atoms with van der Waals surface area (Å²) in [6, 6.07) is 4.27. The first-order valence-corrected chi connectivity index (χ1v) is 4.12. The molecule has 17 heavy (non-hydrogen) atoms. The Bertz CT molecular complexity index is 441. The second-order valence-corrected chi connectivity index (χ2v) is 2.89. The Morgan fingerprint density at radius 2 is 1.71 bits per heavy atom. The summed E-state index contributed by atoms with van der Waals surface area (Å²) >= 11 is 0. The van der Waals surface area contributed by atoms with Crippen molar-refractivity contribution in [2.45, 2.75) is 6.18 Å². The molecule has 0 atom stereocenters. The smallest absolute Gasteiger partial charge is 0.370 e. The molecule has 0 radical (unpaired) electrons. The molecule has 0 bridgehead atoms. The van der Waals surface area contributed by atoms with E-state index in [0.717, 1.165) is 12.1 Å². The maximum absolute atomic E-state index is 12.5. The number of nitrogens with two attached hydrogens (primary N) is 2. The zero-order valence-electron chi connectivity index (χ0n) is 8.36. The second kappa shape index (κ2) is 5.53. The van der Waals surface area contributed by atoms with Gasteiger partial charge in [-0.05, 0) is 12.1 Å². The van der Waals surface area contributed by atoms with Crippen molar-refractivity contribution < 1.29 is 18.0 Å². The van der Waals surface area contributed by atoms with E-state index in [4.69, 9.17) is 11.5 Å². The van der Waals surface area contributed by atoms with Gasteiger partial charge in [-0.1, -0.05) is 12.1 Å². The molecule has 0 aromatic heterocycles. The van der Waals surface area contributed by atoms with E-state index in [-0.39, 0.29) is 12.4 Å². The lowest BCUT2D eigenvalue weighted by atomic mass is 10.1. The van der Waals surface area contributed by atoms with Gasteiger partial charge >= 0.3 is 6.18 Å². The predicted molar refractivity (Wildman–Crippen MR) is 58.8 cm³/mol. The van der Waals surface area contributed by atoms with Gasteiger partial charge in [0, 0.05) is 0 Å². The van der Waals surface area contributed by atoms with Crippen LogP contribution < -0.4 is 11.5 Å². The van der Waals surface area contributed by atoms with Crippen LogP contribution in [0.3, 0.4) is 0 Å². The largest absolute Gasteiger partial charge is 0.417 e. The molecule has 1 rings (SSSR count). The zero-order chi connectivity index (χ0) is 12.3. The van der Waals surface area contributed by atoms with Gasteiger partial charge in [0.15, 0.2) is 5.96 Å². The van der Waals surface area contributed by atoms with Crippen LogP contribution in [0.1, 0.15) is 15.9 Å². The van der Waals surface area contributed by atoms with Gasteiger partial charge in [0.2, 0.25) is 0 Å². The molecule has 4 nitrogen and oxygen atoms in total. The fourth-order valence-electron chi connectivity index (χ4n) is 1.09. The highest BCUT2D eigenvalue weighted by atomic mass is 35.5. The molecule has 0 saturated carbocycles. The summed E-state index contributed by atoms with van der Waals surface area (Å²) in [7, 11) is 0. The molecule has 8 heteroatoms. The van der Waals surface area contributed by atoms with E-state index in [1.807, 2.05) is 0 Å². The van der Waals surface area contributed by atoms with Gasteiger partial charge < -0.3 is 11.5 Å². The van der Waals surface area contributed by atoms with Crippen LogP contribution in [0.4, 0.5) is 13.2 Å². The monoisotopic (exact) mass is 267 g/mol. The van der Waals surface area contributed by atoms with E-state index in [1.165, 1.54) is 12.1 Å². The Labute approximate surface area is 101 Å². The summed E-state index contributed by atoms with van der Waals surface area (Å²) in [5.74, 6) is -1.70. The maximum atomic E-state index is 12.5. The summed E-state index contributed by atoms with van der Waals surface area (Å²) in [6.07, 6.45) is -4.62. The first-order valence-electron chi connectivity index (χ1n) is 4.12. The number of carbonyl (C=O) groups is 1. The predicted octanol–water partition coefficient (Wildman–Crippen LogP) is 1.54. The summed E-state index contributed by atoms with van der Waals surface area (Å²) < 4.78 is 37.4. The van der Waals surface area contributed by atoms with E-state index in [2.05, 4.69) is 4.99 Å². The van der Waals surface area contributed by atoms with Gasteiger partial charge in [-0.15, -0.1) is 12.4 Å². The van der Waals surface area contributed by atoms with Crippen molar-refractivity contribution in [1.82, 2.24) is 0 Å². The molecule has 4 N–H and O–H groups in total. The van der Waals surface area contributed by atoms with Gasteiger partial charge in [-0.3, -0.25) is 4.79 Å². The summed E-state index contributed by atoms with van der Waals surface area (Å²) in [5, 5.41) is 0. The van der Waals surface area contributed by atoms with Crippen molar-refractivity contribution in [2.75, 3.05) is 0 Å². The van der Waals surface area contributed by atoms with Gasteiger partial charge in [-0.2, -0.15) is 18.2 Å². The molecule has 0 spiro atoms. The standard InChI is InChI=1S/C9H8F3N3O.ClH/c10-9(11,12)6-4-2-1-3-5(6)7(16)15-8(13)14;/h1-4H,(H4,13,14,15,16);1H. The summed E-state index contributed by atoms with van der Waals surface area (Å²) in [6.45, 7) is 0. The Hall–Kier alpha value is -1.76. The van der Waals surface area contributed by atoms with Crippen molar-refractivity contribution >= 4 is 24.3 Å². The lowest BCUT2D eigenvalue weighted by Crippen LogP contribution is -2.24. The molecular formula is C9H9ClF3N3O. The molecule has 0 saturated heterocycles. The van der Waals surface area contributed by atoms with Gasteiger partial charge in [0.1, 0.15) is 0 Å². The third-order valence-corrected chi connectivity index (χ3v) is 1.69. The highest BCUT2D eigenvalue weighted by Crippen LogP contribution is 2.32. The average molecular weight is 268 g/mol. The van der Waals surface area contributed by atoms with Crippen LogP contribution in [-0.2, 0) is 6.18 Å². The third kappa shape index (κ3) is 3.95. The Kier molecular flexibility index (Phi) is 4.96. The molecule has 1 amide bonds. The average Bonchev–Trinajstić information content (AvgIpc) is 2.15. The van der Waals surface area contributed by atoms with Crippen LogP contribution in [0.5, 0.6) is 0 Å². The second-order valence-electron chi connectivity index (χ2n) is 2.89. The topological polar surface area (TPSA) is 81.5 Å². The van der Waals surface area contributed by atoms with Crippen molar-refractivity contribution in [1.29, 1.82) is 0 Å². The number of aliphatic imine (C=N–C) groups is 1. The van der Waals surface area contributed by atoms with Crippen molar-refractivity contribution in [3.05, 3.63) is 35.4 Å². The molecule has 94 valence electrons. The molecule has 1 aromatic rings. The Morgan fingerprint density at radius 1 is 1.18 bits per heavy atom. The van der Waals surface area contributed by atoms with E-state index < -0.39 is 29.2 Å². The molecule has 0 unspecified atom stereocenters. The first-order chi connectivity index (χ1) is 7.32. The Morgan fingerprint density at radius 3 is 2.18 bits per heavy atom. The summed E-state index contributed by atoms with van der Waals surface area (Å²) in [4.78, 5) is 14.3. The highest BCUT2D eigenvalue weighted by Gasteiger charge is 2.34. The zero-order valence-corrected chi connectivity index (χ0v) is 9.18. The normalized spacial score (nSPS) is 10.3. The van der Waals surface area contributed by atoms with Gasteiger partial charge in [0.25, 0.3) is 5.91 Å². The van der Waals surface area contributed by atoms with E-state index in [9.17, 15) is 18.0 Å². The maximum Gasteiger partial charge on any atom is 0.417 e. The molecule has 0 aliphatic carbocycles. The molecular weight excluding hydrogens is 259 g/mol. The minimum atomic E-state index is -4.62. The van der Waals surface area contributed by atoms with E-state index in [0.29, 0.717) is 0 Å². The number of carbonyl (C=O) groups excluding carboxylic acids is 1. The van der Waals surface area contributed by atoms with Gasteiger partial charge in [-0.25, -0.2) is 0 Å². The fraction of sp³-hybridized carbons (Fsp3) is 0.111. The minimum Gasteiger partial charge on any atom is -0.370 e. The highest BCUT2D eigenvalue weighted by molar-refractivity contribution is 6.02. The van der Waals surface area contributed by atoms with E-state index in [1.54, 1.807) is 0 Å². The van der Waals surface area contributed by atoms with Crippen LogP contribution in [0.15, 0.2) is 29.3 Å². The number of hydrogen-bond donors (Lipinski definition) is 2. The van der Waals surface area contributed by atoms with Crippen LogP contribution in [0, 0.1) is 0 Å². The number of rotatable bonds is 1. The molecule has 0 aliphatic rings. The van der Waals surface area contributed by atoms with E-state index >= 15 is 0 Å². The lowest BCUT2D eigenvalue weighted by molar-refractivity contribution is -0.137. The first kappa shape index (κ1) is 15.2. The molecule has 1 aromatic carbocycles. The number of halogens is 4. The number of alkyl halides is 3. The number of nitrogens with zero attached hydrogens (tertiary/aromatic N) is 1. The van der Waals surface area contributed by atoms with Crippen LogP contribution in [0.25, 0.3) is 0 Å². The van der Waals surface area contributed by atoms with Crippen LogP contribution >= 0.6 is 12.4 Å².